The molecule has 0 aromatic heterocycles. The van der Waals surface area contributed by atoms with Crippen LogP contribution in [0.3, 0.4) is 0 Å². The Balaban J connectivity index is 2.50. The lowest BCUT2D eigenvalue weighted by molar-refractivity contribution is -0.154. The quantitative estimate of drug-likeness (QED) is 0.718. The van der Waals surface area contributed by atoms with Crippen molar-refractivity contribution >= 4 is 17.8 Å². The van der Waals surface area contributed by atoms with Crippen LogP contribution in [0, 0.1) is 0 Å². The van der Waals surface area contributed by atoms with E-state index in [9.17, 15) is 14.4 Å². The molecule has 1 rings (SSSR count). The van der Waals surface area contributed by atoms with Gasteiger partial charge in [-0.2, -0.15) is 0 Å². The lowest BCUT2D eigenvalue weighted by Gasteiger charge is -2.14. The smallest absolute Gasteiger partial charge is 0.325 e. The second-order valence-corrected chi connectivity index (χ2v) is 5.42. The fraction of sp³-hybridized carbons (Fsp3) is 0.471. The van der Waals surface area contributed by atoms with Crippen LogP contribution in [0.5, 0.6) is 5.75 Å². The number of carbonyl (C=O) groups excluding carboxylic acids is 3. The number of nitrogens with one attached hydrogen (secondary N) is 1. The minimum atomic E-state index is -1.00. The van der Waals surface area contributed by atoms with Gasteiger partial charge in [0.1, 0.15) is 12.3 Å². The van der Waals surface area contributed by atoms with Crippen LogP contribution in [0.2, 0.25) is 0 Å². The van der Waals surface area contributed by atoms with Crippen LogP contribution in [-0.4, -0.2) is 43.7 Å². The molecule has 0 heterocycles. The Morgan fingerprint density at radius 3 is 2.46 bits per heavy atom. The van der Waals surface area contributed by atoms with E-state index < -0.39 is 23.9 Å². The van der Waals surface area contributed by atoms with Gasteiger partial charge in [0, 0.05) is 0 Å². The highest BCUT2D eigenvalue weighted by molar-refractivity contribution is 5.86. The van der Waals surface area contributed by atoms with Crippen LogP contribution in [0.25, 0.3) is 0 Å². The minimum Gasteiger partial charge on any atom is -0.491 e. The number of ether oxygens (including phenoxy) is 3. The van der Waals surface area contributed by atoms with Gasteiger partial charge in [0.2, 0.25) is 0 Å². The molecule has 132 valence electrons. The zero-order chi connectivity index (χ0) is 18.1. The summed E-state index contributed by atoms with van der Waals surface area (Å²) in [6.07, 6.45) is -0.952. The summed E-state index contributed by atoms with van der Waals surface area (Å²) in [5.41, 5.74) is 0.723. The number of amides is 1. The summed E-state index contributed by atoms with van der Waals surface area (Å²) in [6.45, 7) is 4.99. The van der Waals surface area contributed by atoms with Crippen molar-refractivity contribution in [2.45, 2.75) is 39.4 Å². The van der Waals surface area contributed by atoms with Crippen molar-refractivity contribution < 1.29 is 28.6 Å². The Labute approximate surface area is 141 Å². The predicted octanol–water partition coefficient (Wildman–Crippen LogP) is 1.24. The van der Waals surface area contributed by atoms with E-state index in [1.807, 2.05) is 13.8 Å². The Bertz CT molecular complexity index is 584. The van der Waals surface area contributed by atoms with E-state index in [0.717, 1.165) is 5.56 Å². The molecule has 0 aliphatic rings. The van der Waals surface area contributed by atoms with E-state index in [4.69, 9.17) is 9.47 Å². The summed E-state index contributed by atoms with van der Waals surface area (Å²) in [5.74, 6) is -1.02. The molecule has 0 fully saturated rings. The van der Waals surface area contributed by atoms with E-state index in [1.165, 1.54) is 14.0 Å². The Kier molecular flexibility index (Phi) is 7.74. The van der Waals surface area contributed by atoms with Crippen molar-refractivity contribution in [3.8, 4) is 5.75 Å². The highest BCUT2D eigenvalue weighted by Gasteiger charge is 2.18. The third kappa shape index (κ3) is 7.13. The van der Waals surface area contributed by atoms with Crippen molar-refractivity contribution in [3.63, 3.8) is 0 Å². The topological polar surface area (TPSA) is 90.9 Å². The van der Waals surface area contributed by atoms with E-state index in [2.05, 4.69) is 10.1 Å². The molecule has 7 nitrogen and oxygen atoms in total. The van der Waals surface area contributed by atoms with Gasteiger partial charge in [-0.05, 0) is 38.5 Å². The molecule has 24 heavy (non-hydrogen) atoms. The summed E-state index contributed by atoms with van der Waals surface area (Å²) < 4.78 is 15.0. The fourth-order valence-electron chi connectivity index (χ4n) is 1.84. The molecule has 0 bridgehead atoms. The zero-order valence-corrected chi connectivity index (χ0v) is 14.3. The Hall–Kier alpha value is -2.57. The van der Waals surface area contributed by atoms with Crippen LogP contribution in [0.15, 0.2) is 24.3 Å². The van der Waals surface area contributed by atoms with Crippen LogP contribution in [0.4, 0.5) is 0 Å². The SMILES string of the molecule is COC(=O)CNC(=O)C(C)OC(=O)Cc1cccc(OC(C)C)c1. The van der Waals surface area contributed by atoms with E-state index in [-0.39, 0.29) is 19.1 Å². The van der Waals surface area contributed by atoms with Crippen LogP contribution >= 0.6 is 0 Å². The molecule has 0 saturated carbocycles. The summed E-state index contributed by atoms with van der Waals surface area (Å²) in [6, 6.07) is 7.12. The lowest BCUT2D eigenvalue weighted by atomic mass is 10.1. The third-order valence-corrected chi connectivity index (χ3v) is 2.93. The van der Waals surface area contributed by atoms with Gasteiger partial charge >= 0.3 is 11.9 Å². The average molecular weight is 337 g/mol. The van der Waals surface area contributed by atoms with E-state index >= 15 is 0 Å². The zero-order valence-electron chi connectivity index (χ0n) is 14.3. The maximum Gasteiger partial charge on any atom is 0.325 e. The molecular weight excluding hydrogens is 314 g/mol. The number of benzene rings is 1. The van der Waals surface area contributed by atoms with Crippen molar-refractivity contribution in [1.29, 1.82) is 0 Å². The molecule has 0 aliphatic heterocycles. The molecule has 7 heteroatoms. The maximum atomic E-state index is 11.9. The molecule has 1 N–H and O–H groups in total. The van der Waals surface area contributed by atoms with Gasteiger partial charge in [-0.15, -0.1) is 0 Å². The first-order chi connectivity index (χ1) is 11.3. The van der Waals surface area contributed by atoms with Crippen molar-refractivity contribution in [2.24, 2.45) is 0 Å². The fourth-order valence-corrected chi connectivity index (χ4v) is 1.84. The van der Waals surface area contributed by atoms with Crippen molar-refractivity contribution in [2.75, 3.05) is 13.7 Å². The maximum absolute atomic E-state index is 11.9. The molecule has 1 atom stereocenters. The van der Waals surface area contributed by atoms with Gasteiger partial charge in [-0.25, -0.2) is 0 Å². The number of hydrogen-bond donors (Lipinski definition) is 1. The second-order valence-electron chi connectivity index (χ2n) is 5.42. The molecular formula is C17H23NO6. The summed E-state index contributed by atoms with van der Waals surface area (Å²) >= 11 is 0. The molecule has 0 aliphatic carbocycles. The summed E-state index contributed by atoms with van der Waals surface area (Å²) in [5, 5.41) is 2.32. The van der Waals surface area contributed by atoms with Crippen LogP contribution in [-0.2, 0) is 30.3 Å². The number of esters is 2. The standard InChI is InChI=1S/C17H23NO6/c1-11(2)23-14-7-5-6-13(8-14)9-15(19)24-12(3)17(21)18-10-16(20)22-4/h5-8,11-12H,9-10H2,1-4H3,(H,18,21). The number of rotatable bonds is 8. The third-order valence-electron chi connectivity index (χ3n) is 2.93. The first kappa shape index (κ1) is 19.5. The molecule has 1 unspecified atom stereocenters. The largest absolute Gasteiger partial charge is 0.491 e. The van der Waals surface area contributed by atoms with Gasteiger partial charge in [0.05, 0.1) is 19.6 Å². The summed E-state index contributed by atoms with van der Waals surface area (Å²) in [4.78, 5) is 34.6. The molecule has 1 aromatic carbocycles. The van der Waals surface area contributed by atoms with Gasteiger partial charge in [0.25, 0.3) is 5.91 Å². The highest BCUT2D eigenvalue weighted by Crippen LogP contribution is 2.15. The van der Waals surface area contributed by atoms with Gasteiger partial charge in [-0.3, -0.25) is 14.4 Å². The van der Waals surface area contributed by atoms with Gasteiger partial charge in [0.15, 0.2) is 6.10 Å². The molecule has 0 radical (unpaired) electrons. The number of carbonyl (C=O) groups is 3. The molecule has 0 saturated heterocycles. The molecule has 0 spiro atoms. The monoisotopic (exact) mass is 337 g/mol. The van der Waals surface area contributed by atoms with Gasteiger partial charge in [-0.1, -0.05) is 12.1 Å². The van der Waals surface area contributed by atoms with Crippen LogP contribution in [0.1, 0.15) is 26.3 Å². The normalized spacial score (nSPS) is 11.5. The van der Waals surface area contributed by atoms with Crippen molar-refractivity contribution in [1.82, 2.24) is 5.32 Å². The van der Waals surface area contributed by atoms with E-state index in [1.54, 1.807) is 24.3 Å². The van der Waals surface area contributed by atoms with Gasteiger partial charge < -0.3 is 19.5 Å². The minimum absolute atomic E-state index is 0.0178. The molecule has 1 aromatic rings. The summed E-state index contributed by atoms with van der Waals surface area (Å²) in [7, 11) is 1.22. The Morgan fingerprint density at radius 1 is 1.12 bits per heavy atom. The van der Waals surface area contributed by atoms with Crippen molar-refractivity contribution in [3.05, 3.63) is 29.8 Å². The number of methoxy groups -OCH3 is 1. The first-order valence-electron chi connectivity index (χ1n) is 7.61. The number of hydrogen-bond acceptors (Lipinski definition) is 6. The Morgan fingerprint density at radius 2 is 1.83 bits per heavy atom. The predicted molar refractivity (Wildman–Crippen MR) is 86.5 cm³/mol. The van der Waals surface area contributed by atoms with E-state index in [0.29, 0.717) is 5.75 Å². The first-order valence-corrected chi connectivity index (χ1v) is 7.61. The lowest BCUT2D eigenvalue weighted by Crippen LogP contribution is -2.39. The van der Waals surface area contributed by atoms with Crippen LogP contribution < -0.4 is 10.1 Å². The molecule has 1 amide bonds. The highest BCUT2D eigenvalue weighted by atomic mass is 16.5. The second kappa shape index (κ2) is 9.54. The average Bonchev–Trinajstić information content (AvgIpc) is 2.51.